The second-order valence-corrected chi connectivity index (χ2v) is 29.1. The molecule has 2 spiro atoms. The second-order valence-electron chi connectivity index (χ2n) is 28.9. The molecule has 0 amide bonds. The molecule has 0 radical (unpaired) electrons. The first-order valence-corrected chi connectivity index (χ1v) is 31.9. The van der Waals surface area contributed by atoms with Crippen molar-refractivity contribution in [3.63, 3.8) is 0 Å². The molecule has 444 valence electrons. The molecule has 20 atom stereocenters. The van der Waals surface area contributed by atoms with Crippen molar-refractivity contribution in [2.75, 3.05) is 19.6 Å². The van der Waals surface area contributed by atoms with Crippen molar-refractivity contribution in [1.29, 1.82) is 0 Å². The number of hydrogen-bond acceptors (Lipinski definition) is 13. The van der Waals surface area contributed by atoms with Crippen molar-refractivity contribution in [1.82, 2.24) is 15.2 Å². The molecular weight excluding hydrogens is 1050 g/mol. The van der Waals surface area contributed by atoms with Crippen LogP contribution >= 0.6 is 11.8 Å². The van der Waals surface area contributed by atoms with Gasteiger partial charge in [-0.2, -0.15) is 0 Å². The average molecular weight is 1150 g/mol. The first-order chi connectivity index (χ1) is 38.2. The summed E-state index contributed by atoms with van der Waals surface area (Å²) in [5.74, 6) is 7.57. The maximum atomic E-state index is 13.3. The molecular formula is C66H99ClN5NaO8. The van der Waals surface area contributed by atoms with Crippen LogP contribution in [0, 0.1) is 81.8 Å². The third-order valence-corrected chi connectivity index (χ3v) is 24.9. The number of aliphatic carboxylic acids is 1. The molecule has 12 aliphatic rings. The Kier molecular flexibility index (Phi) is 20.1. The number of nitrogens with one attached hydrogen (secondary N) is 2. The summed E-state index contributed by atoms with van der Waals surface area (Å²) < 4.78 is 14.3. The Labute approximate surface area is 512 Å². The van der Waals surface area contributed by atoms with Crippen LogP contribution in [0.5, 0.6) is 0 Å². The van der Waals surface area contributed by atoms with Gasteiger partial charge in [0.2, 0.25) is 0 Å². The van der Waals surface area contributed by atoms with Crippen molar-refractivity contribution >= 4 is 35.0 Å². The van der Waals surface area contributed by atoms with E-state index in [4.69, 9.17) is 24.6 Å². The number of rotatable bonds is 3. The fourth-order valence-electron chi connectivity index (χ4n) is 20.9. The van der Waals surface area contributed by atoms with E-state index >= 15 is 0 Å². The van der Waals surface area contributed by atoms with E-state index in [1.807, 2.05) is 35.9 Å². The number of likely N-dealkylation sites (tertiary alicyclic amines) is 1. The Bertz CT molecular complexity index is 2540. The van der Waals surface area contributed by atoms with Crippen LogP contribution in [0.3, 0.4) is 0 Å². The first kappa shape index (κ1) is 63.3. The molecule has 15 heteroatoms. The number of halogens is 1. The van der Waals surface area contributed by atoms with E-state index in [1.165, 1.54) is 82.0 Å². The topological polar surface area (TPSA) is 188 Å². The van der Waals surface area contributed by atoms with Gasteiger partial charge in [0, 0.05) is 53.8 Å². The van der Waals surface area contributed by atoms with Gasteiger partial charge in [-0.15, -0.1) is 5.00 Å². The Morgan fingerprint density at radius 2 is 1.22 bits per heavy atom. The SMILES string of the molecule is CC(=O)[O-].CC1=C2C[C@H]3[C@@H](CC[C@@H]4CC(=NO)CC[C@@]43C)[C@@H]2CC[C@@]2(C1)O[C@@H]1C[C@H](C)CN(CC(=O)c3ccccc3)[C@H]1[C@H]2C.CC1=C2C[C@H]3[C@@H](CC[C@@H]4CC(=NO)CC[C@@]43C)[C@@H]2CC[C@@]2(C1)O[C@@H]1C[C@H](C)CN[C@H]1[C@H]2C.ONCl.[Na+]. The van der Waals surface area contributed by atoms with Crippen LogP contribution in [0.2, 0.25) is 0 Å². The van der Waals surface area contributed by atoms with Crippen LogP contribution in [0.4, 0.5) is 0 Å². The summed E-state index contributed by atoms with van der Waals surface area (Å²) >= 11 is 4.30. The third kappa shape index (κ3) is 12.0. The zero-order valence-electron chi connectivity index (χ0n) is 51.0. The number of carboxylic acids is 1. The van der Waals surface area contributed by atoms with E-state index < -0.39 is 5.97 Å². The molecule has 13 rings (SSSR count). The fraction of sp³-hybridized carbons (Fsp3) is 0.788. The van der Waals surface area contributed by atoms with E-state index in [0.717, 1.165) is 124 Å². The Balaban J connectivity index is 0.000000178. The van der Waals surface area contributed by atoms with Gasteiger partial charge in [-0.1, -0.05) is 104 Å². The van der Waals surface area contributed by atoms with Crippen molar-refractivity contribution in [3.05, 3.63) is 58.2 Å². The standard InChI is InChI=1S/C36H50N2O3.C28H44N2O2.C2H4O2.ClH2NO.Na/c1-22-16-33-34(38(20-22)21-32(39)25-8-6-5-7-9-25)24(3)36(41-33)15-13-28-29-11-10-26-17-27(37-40)12-14-35(26,4)31(29)18-30(28)23(2)19-36;1-16-11-25-26(29-15-16)18(3)28(32-25)10-8-21-22-6-5-19-12-20(30-31)7-9-27(19,4)24(22)13-23(21)17(2)14-28;1-2(3)4;1-2-3;/h5-9,22,24,26,28-29,31,33-34,40H,10-21H2,1-4H3;16,18-19,21-22,24-26,29,31H,5-15H2,1-4H3;1H3,(H,3,4);2-3H;/q;;;;+1/p-1/t22-,24+,26+,28-,29-,31-,33+,34-,35-,36-;16-,18+,19+,21-,22-,24-,25+,26-,27-,28-;;;/m00.../s1. The number of benzene rings is 1. The monoisotopic (exact) mass is 1150 g/mol. The van der Waals surface area contributed by atoms with Gasteiger partial charge in [0.15, 0.2) is 5.78 Å². The Hall–Kier alpha value is -2.17. The Morgan fingerprint density at radius 3 is 1.73 bits per heavy atom. The van der Waals surface area contributed by atoms with Crippen LogP contribution < -0.4 is 45.0 Å². The summed E-state index contributed by atoms with van der Waals surface area (Å²) in [7, 11) is 0. The summed E-state index contributed by atoms with van der Waals surface area (Å²) in [6.07, 6.45) is 24.4. The molecule has 4 aliphatic heterocycles. The van der Waals surface area contributed by atoms with Gasteiger partial charge in [0.1, 0.15) is 0 Å². The molecule has 0 unspecified atom stereocenters. The normalized spacial score (nSPS) is 44.8. The summed E-state index contributed by atoms with van der Waals surface area (Å²) in [4.78, 5) is 25.9. The van der Waals surface area contributed by atoms with Gasteiger partial charge in [-0.25, -0.2) is 0 Å². The summed E-state index contributed by atoms with van der Waals surface area (Å²) in [6, 6.07) is 10.7. The molecule has 5 N–H and O–H groups in total. The largest absolute Gasteiger partial charge is 1.00 e. The van der Waals surface area contributed by atoms with E-state index in [9.17, 15) is 15.2 Å². The number of nitrogens with zero attached hydrogens (tertiary/aromatic N) is 3. The molecule has 81 heavy (non-hydrogen) atoms. The average Bonchev–Trinajstić information content (AvgIpc) is 4.34. The molecule has 13 nitrogen and oxygen atoms in total. The van der Waals surface area contributed by atoms with E-state index in [-0.39, 0.29) is 52.6 Å². The van der Waals surface area contributed by atoms with Crippen LogP contribution in [0.25, 0.3) is 0 Å². The van der Waals surface area contributed by atoms with Gasteiger partial charge in [0.25, 0.3) is 0 Å². The fourth-order valence-corrected chi connectivity index (χ4v) is 20.9. The number of carbonyl (C=O) groups is 2. The molecule has 0 aromatic heterocycles. The minimum Gasteiger partial charge on any atom is -0.550 e. The maximum absolute atomic E-state index is 13.3. The molecule has 4 saturated heterocycles. The minimum absolute atomic E-state index is 0. The third-order valence-electron chi connectivity index (χ3n) is 24.9. The number of fused-ring (bicyclic) bond motifs is 12. The summed E-state index contributed by atoms with van der Waals surface area (Å²) in [6.45, 7) is 23.3. The molecule has 4 heterocycles. The minimum atomic E-state index is -1.08. The number of oxime groups is 2. The van der Waals surface area contributed by atoms with Crippen LogP contribution in [0.15, 0.2) is 62.9 Å². The van der Waals surface area contributed by atoms with E-state index in [2.05, 4.69) is 87.7 Å². The maximum Gasteiger partial charge on any atom is 1.00 e. The summed E-state index contributed by atoms with van der Waals surface area (Å²) in [5.41, 5.74) is 10.5. The van der Waals surface area contributed by atoms with Crippen molar-refractivity contribution < 1.29 is 69.3 Å². The summed E-state index contributed by atoms with van der Waals surface area (Å²) in [5, 5.41) is 45.9. The van der Waals surface area contributed by atoms with Gasteiger partial charge in [0.05, 0.1) is 41.4 Å². The molecule has 1 aromatic rings. The predicted octanol–water partition coefficient (Wildman–Crippen LogP) is 9.36. The van der Waals surface area contributed by atoms with Crippen molar-refractivity contribution in [2.24, 2.45) is 92.2 Å². The van der Waals surface area contributed by atoms with Gasteiger partial charge < -0.3 is 40.3 Å². The molecule has 6 saturated carbocycles. The number of ether oxygens (including phenoxy) is 2. The molecule has 0 bridgehead atoms. The molecule has 1 aromatic carbocycles. The number of allylic oxidation sites excluding steroid dienone is 2. The number of carboxylic acid groups (broad SMARTS) is 1. The van der Waals surface area contributed by atoms with E-state index in [0.29, 0.717) is 71.1 Å². The number of Topliss-reactive ketones (excluding diaryl/α,β-unsaturated/α-hetero) is 1. The van der Waals surface area contributed by atoms with Gasteiger partial charge in [-0.3, -0.25) is 9.69 Å². The van der Waals surface area contributed by atoms with Gasteiger partial charge >= 0.3 is 29.6 Å². The Morgan fingerprint density at radius 1 is 0.741 bits per heavy atom. The van der Waals surface area contributed by atoms with Crippen molar-refractivity contribution in [2.45, 2.75) is 226 Å². The number of hydrogen-bond donors (Lipinski definition) is 5. The van der Waals surface area contributed by atoms with E-state index in [1.54, 1.807) is 16.7 Å². The number of piperidine rings is 2. The first-order valence-electron chi connectivity index (χ1n) is 31.6. The van der Waals surface area contributed by atoms with Crippen LogP contribution in [0.1, 0.15) is 201 Å². The second kappa shape index (κ2) is 25.7. The van der Waals surface area contributed by atoms with Crippen LogP contribution in [-0.4, -0.2) is 98.8 Å². The van der Waals surface area contributed by atoms with Crippen molar-refractivity contribution in [3.8, 4) is 0 Å². The number of ketones is 1. The predicted molar refractivity (Wildman–Crippen MR) is 312 cm³/mol. The molecule has 8 aliphatic carbocycles. The van der Waals surface area contributed by atoms with Gasteiger partial charge in [-0.05, 0) is 226 Å². The zero-order valence-corrected chi connectivity index (χ0v) is 53.7. The quantitative estimate of drug-likeness (QED) is 0.0485. The molecule has 10 fully saturated rings. The van der Waals surface area contributed by atoms with Crippen LogP contribution in [-0.2, 0) is 14.3 Å². The smallest absolute Gasteiger partial charge is 0.550 e. The zero-order chi connectivity index (χ0) is 57.1. The number of carbonyl (C=O) groups excluding carboxylic acids is 2.